The van der Waals surface area contributed by atoms with E-state index in [0.29, 0.717) is 12.3 Å². The predicted octanol–water partition coefficient (Wildman–Crippen LogP) is 3.14. The SMILES string of the molecule is Cc1ccc(C(=O)OC(C)C(=O)NCCC2=CCCCC2)o1. The van der Waals surface area contributed by atoms with Crippen molar-refractivity contribution in [3.8, 4) is 0 Å². The van der Waals surface area contributed by atoms with Crippen molar-refractivity contribution in [1.29, 1.82) is 0 Å². The zero-order chi connectivity index (χ0) is 15.9. The monoisotopic (exact) mass is 305 g/mol. The van der Waals surface area contributed by atoms with Crippen LogP contribution in [-0.2, 0) is 9.53 Å². The van der Waals surface area contributed by atoms with E-state index in [1.165, 1.54) is 24.5 Å². The quantitative estimate of drug-likeness (QED) is 0.647. The minimum absolute atomic E-state index is 0.115. The van der Waals surface area contributed by atoms with Crippen LogP contribution in [0.1, 0.15) is 55.3 Å². The largest absolute Gasteiger partial charge is 0.454 e. The van der Waals surface area contributed by atoms with E-state index in [-0.39, 0.29) is 11.7 Å². The lowest BCUT2D eigenvalue weighted by Gasteiger charge is -2.15. The molecule has 1 aromatic heterocycles. The molecule has 0 aliphatic heterocycles. The first-order chi connectivity index (χ1) is 10.6. The summed E-state index contributed by atoms with van der Waals surface area (Å²) < 4.78 is 10.3. The molecule has 0 saturated carbocycles. The van der Waals surface area contributed by atoms with Gasteiger partial charge >= 0.3 is 5.97 Å². The van der Waals surface area contributed by atoms with E-state index >= 15 is 0 Å². The van der Waals surface area contributed by atoms with Crippen LogP contribution < -0.4 is 5.32 Å². The third kappa shape index (κ3) is 4.76. The van der Waals surface area contributed by atoms with Gasteiger partial charge in [-0.05, 0) is 58.1 Å². The van der Waals surface area contributed by atoms with Crippen molar-refractivity contribution in [1.82, 2.24) is 5.32 Å². The van der Waals surface area contributed by atoms with Gasteiger partial charge in [-0.2, -0.15) is 0 Å². The number of rotatable bonds is 6. The molecule has 1 unspecified atom stereocenters. The van der Waals surface area contributed by atoms with Crippen LogP contribution in [0.4, 0.5) is 0 Å². The van der Waals surface area contributed by atoms with Gasteiger partial charge in [-0.3, -0.25) is 4.79 Å². The highest BCUT2D eigenvalue weighted by atomic mass is 16.6. The highest BCUT2D eigenvalue weighted by molar-refractivity contribution is 5.90. The number of amides is 1. The summed E-state index contributed by atoms with van der Waals surface area (Å²) in [6.07, 6.45) is 7.05. The minimum atomic E-state index is -0.835. The molecule has 0 aromatic carbocycles. The van der Waals surface area contributed by atoms with Gasteiger partial charge in [0, 0.05) is 6.54 Å². The van der Waals surface area contributed by atoms with E-state index in [0.717, 1.165) is 19.3 Å². The molecule has 1 aliphatic rings. The molecule has 1 aromatic rings. The van der Waals surface area contributed by atoms with Crippen LogP contribution in [-0.4, -0.2) is 24.5 Å². The maximum absolute atomic E-state index is 11.9. The van der Waals surface area contributed by atoms with Gasteiger partial charge in [-0.25, -0.2) is 4.79 Å². The minimum Gasteiger partial charge on any atom is -0.454 e. The molecule has 1 aliphatic carbocycles. The van der Waals surface area contributed by atoms with Crippen LogP contribution in [0.3, 0.4) is 0 Å². The third-order valence-corrected chi connectivity index (χ3v) is 3.72. The average Bonchev–Trinajstić information content (AvgIpc) is 2.95. The number of carbonyl (C=O) groups excluding carboxylic acids is 2. The summed E-state index contributed by atoms with van der Waals surface area (Å²) in [5.41, 5.74) is 1.40. The average molecular weight is 305 g/mol. The summed E-state index contributed by atoms with van der Waals surface area (Å²) in [6, 6.07) is 3.22. The number of esters is 1. The van der Waals surface area contributed by atoms with Gasteiger partial charge in [0.05, 0.1) is 0 Å². The molecule has 2 rings (SSSR count). The fourth-order valence-electron chi connectivity index (χ4n) is 2.44. The Morgan fingerprint density at radius 1 is 1.36 bits per heavy atom. The van der Waals surface area contributed by atoms with Crippen molar-refractivity contribution in [3.05, 3.63) is 35.3 Å². The molecule has 0 spiro atoms. The molecule has 22 heavy (non-hydrogen) atoms. The van der Waals surface area contributed by atoms with Crippen molar-refractivity contribution < 1.29 is 18.7 Å². The van der Waals surface area contributed by atoms with Gasteiger partial charge in [-0.15, -0.1) is 0 Å². The second kappa shape index (κ2) is 7.82. The van der Waals surface area contributed by atoms with Crippen LogP contribution in [0.15, 0.2) is 28.2 Å². The van der Waals surface area contributed by atoms with Crippen LogP contribution in [0.25, 0.3) is 0 Å². The lowest BCUT2D eigenvalue weighted by atomic mass is 9.97. The Morgan fingerprint density at radius 3 is 2.82 bits per heavy atom. The molecular formula is C17H23NO4. The van der Waals surface area contributed by atoms with E-state index in [1.807, 2.05) is 0 Å². The zero-order valence-corrected chi connectivity index (χ0v) is 13.2. The van der Waals surface area contributed by atoms with Gasteiger partial charge in [0.2, 0.25) is 5.76 Å². The summed E-state index contributed by atoms with van der Waals surface area (Å²) in [7, 11) is 0. The Labute approximate surface area is 130 Å². The van der Waals surface area contributed by atoms with Crippen LogP contribution in [0, 0.1) is 6.92 Å². The Morgan fingerprint density at radius 2 is 2.18 bits per heavy atom. The molecule has 0 radical (unpaired) electrons. The number of hydrogen-bond donors (Lipinski definition) is 1. The van der Waals surface area contributed by atoms with Crippen molar-refractivity contribution in [2.45, 2.75) is 52.1 Å². The van der Waals surface area contributed by atoms with E-state index in [9.17, 15) is 9.59 Å². The molecule has 1 heterocycles. The summed E-state index contributed by atoms with van der Waals surface area (Å²) in [4.78, 5) is 23.7. The van der Waals surface area contributed by atoms with Crippen molar-refractivity contribution in [2.24, 2.45) is 0 Å². The number of aryl methyl sites for hydroxylation is 1. The standard InChI is InChI=1S/C17H23NO4/c1-12-8-9-15(21-12)17(20)22-13(2)16(19)18-11-10-14-6-4-3-5-7-14/h6,8-9,13H,3-5,7,10-11H2,1-2H3,(H,18,19). The van der Waals surface area contributed by atoms with Crippen LogP contribution in [0.2, 0.25) is 0 Å². The Kier molecular flexibility index (Phi) is 5.81. The smallest absolute Gasteiger partial charge is 0.375 e. The summed E-state index contributed by atoms with van der Waals surface area (Å²) in [5, 5.41) is 2.80. The van der Waals surface area contributed by atoms with Crippen molar-refractivity contribution in [2.75, 3.05) is 6.54 Å². The maximum Gasteiger partial charge on any atom is 0.375 e. The Bertz CT molecular complexity index is 559. The number of carbonyl (C=O) groups is 2. The Hall–Kier alpha value is -2.04. The van der Waals surface area contributed by atoms with Gasteiger partial charge in [0.1, 0.15) is 5.76 Å². The summed E-state index contributed by atoms with van der Waals surface area (Å²) >= 11 is 0. The first-order valence-electron chi connectivity index (χ1n) is 7.79. The summed E-state index contributed by atoms with van der Waals surface area (Å²) in [5.74, 6) is -0.159. The van der Waals surface area contributed by atoms with Crippen LogP contribution in [0.5, 0.6) is 0 Å². The van der Waals surface area contributed by atoms with E-state index < -0.39 is 12.1 Å². The number of ether oxygens (including phenoxy) is 1. The van der Waals surface area contributed by atoms with Crippen molar-refractivity contribution in [3.63, 3.8) is 0 Å². The molecule has 1 atom stereocenters. The number of allylic oxidation sites excluding steroid dienone is 1. The fraction of sp³-hybridized carbons (Fsp3) is 0.529. The second-order valence-corrected chi connectivity index (χ2v) is 5.61. The third-order valence-electron chi connectivity index (χ3n) is 3.72. The maximum atomic E-state index is 11.9. The number of furan rings is 1. The molecule has 0 saturated heterocycles. The molecule has 0 bridgehead atoms. The molecule has 5 nitrogen and oxygen atoms in total. The molecule has 0 fully saturated rings. The van der Waals surface area contributed by atoms with Crippen LogP contribution >= 0.6 is 0 Å². The number of nitrogens with one attached hydrogen (secondary N) is 1. The lowest BCUT2D eigenvalue weighted by Crippen LogP contribution is -2.36. The molecule has 1 amide bonds. The topological polar surface area (TPSA) is 68.5 Å². The summed E-state index contributed by atoms with van der Waals surface area (Å²) in [6.45, 7) is 3.88. The molecule has 120 valence electrons. The Balaban J connectivity index is 1.72. The molecular weight excluding hydrogens is 282 g/mol. The van der Waals surface area contributed by atoms with E-state index in [1.54, 1.807) is 19.9 Å². The highest BCUT2D eigenvalue weighted by Gasteiger charge is 2.20. The van der Waals surface area contributed by atoms with E-state index in [4.69, 9.17) is 9.15 Å². The number of hydrogen-bond acceptors (Lipinski definition) is 4. The van der Waals surface area contributed by atoms with Crippen molar-refractivity contribution >= 4 is 11.9 Å². The lowest BCUT2D eigenvalue weighted by molar-refractivity contribution is -0.129. The predicted molar refractivity (Wildman–Crippen MR) is 82.5 cm³/mol. The first kappa shape index (κ1) is 16.3. The fourth-order valence-corrected chi connectivity index (χ4v) is 2.44. The molecule has 1 N–H and O–H groups in total. The zero-order valence-electron chi connectivity index (χ0n) is 13.2. The van der Waals surface area contributed by atoms with Gasteiger partial charge in [0.25, 0.3) is 5.91 Å². The van der Waals surface area contributed by atoms with Gasteiger partial charge in [0.15, 0.2) is 6.10 Å². The normalized spacial score (nSPS) is 15.8. The van der Waals surface area contributed by atoms with E-state index in [2.05, 4.69) is 11.4 Å². The van der Waals surface area contributed by atoms with Gasteiger partial charge < -0.3 is 14.5 Å². The second-order valence-electron chi connectivity index (χ2n) is 5.61. The molecule has 5 heteroatoms. The highest BCUT2D eigenvalue weighted by Crippen LogP contribution is 2.19. The van der Waals surface area contributed by atoms with Gasteiger partial charge in [-0.1, -0.05) is 11.6 Å². The first-order valence-corrected chi connectivity index (χ1v) is 7.79.